The maximum atomic E-state index is 5.98. The zero-order valence-corrected chi connectivity index (χ0v) is 20.1. The Balaban J connectivity index is 1.14. The summed E-state index contributed by atoms with van der Waals surface area (Å²) in [5.74, 6) is 2.40. The minimum atomic E-state index is 0.435. The molecule has 174 valence electrons. The van der Waals surface area contributed by atoms with E-state index in [1.807, 2.05) is 24.3 Å². The van der Waals surface area contributed by atoms with E-state index >= 15 is 0 Å². The van der Waals surface area contributed by atoms with E-state index in [-0.39, 0.29) is 0 Å². The summed E-state index contributed by atoms with van der Waals surface area (Å²) in [6, 6.07) is 29.3. The number of hydrogen-bond donors (Lipinski definition) is 0. The van der Waals surface area contributed by atoms with Crippen LogP contribution in [0, 0.1) is 5.92 Å². The number of rotatable bonds is 8. The highest BCUT2D eigenvalue weighted by Crippen LogP contribution is 2.29. The highest BCUT2D eigenvalue weighted by atomic mass is 35.5. The van der Waals surface area contributed by atoms with E-state index in [0.29, 0.717) is 22.7 Å². The molecule has 4 nitrogen and oxygen atoms in total. The van der Waals surface area contributed by atoms with Crippen molar-refractivity contribution < 1.29 is 4.52 Å². The molecule has 0 saturated carbocycles. The lowest BCUT2D eigenvalue weighted by Gasteiger charge is -2.32. The number of benzene rings is 3. The summed E-state index contributed by atoms with van der Waals surface area (Å²) < 4.78 is 5.55. The summed E-state index contributed by atoms with van der Waals surface area (Å²) in [5.41, 5.74) is 3.73. The Kier molecular flexibility index (Phi) is 7.37. The minimum absolute atomic E-state index is 0.435. The molecule has 1 aliphatic heterocycles. The number of piperidine rings is 1. The minimum Gasteiger partial charge on any atom is -0.339 e. The van der Waals surface area contributed by atoms with E-state index in [0.717, 1.165) is 43.9 Å². The van der Waals surface area contributed by atoms with Crippen LogP contribution in [-0.2, 0) is 6.42 Å². The van der Waals surface area contributed by atoms with E-state index in [9.17, 15) is 0 Å². The number of halogens is 1. The molecular weight excluding hydrogens is 442 g/mol. The van der Waals surface area contributed by atoms with Gasteiger partial charge in [0.2, 0.25) is 11.7 Å². The molecular formula is C29H30ClN3O. The number of hydrogen-bond acceptors (Lipinski definition) is 4. The SMILES string of the molecule is Clc1ccc(-c2noc(CC3CCN(CCC(c4ccccc4)c4ccccc4)CC3)n2)cc1. The van der Waals surface area contributed by atoms with Gasteiger partial charge in [-0.25, -0.2) is 0 Å². The van der Waals surface area contributed by atoms with E-state index in [1.165, 1.54) is 24.0 Å². The number of aromatic nitrogens is 2. The van der Waals surface area contributed by atoms with Gasteiger partial charge < -0.3 is 9.42 Å². The third-order valence-electron chi connectivity index (χ3n) is 6.88. The molecule has 1 saturated heterocycles. The van der Waals surface area contributed by atoms with Gasteiger partial charge in [-0.3, -0.25) is 0 Å². The molecule has 0 atom stereocenters. The average molecular weight is 472 g/mol. The maximum Gasteiger partial charge on any atom is 0.227 e. The van der Waals surface area contributed by atoms with Crippen LogP contribution in [0.25, 0.3) is 11.4 Å². The van der Waals surface area contributed by atoms with Crippen molar-refractivity contribution in [2.45, 2.75) is 31.6 Å². The van der Waals surface area contributed by atoms with Gasteiger partial charge in [-0.2, -0.15) is 4.98 Å². The standard InChI is InChI=1S/C29H30ClN3O/c30-26-13-11-25(12-14-26)29-31-28(34-32-29)21-22-15-18-33(19-16-22)20-17-27(23-7-3-1-4-8-23)24-9-5-2-6-10-24/h1-14,22,27H,15-21H2. The molecule has 0 radical (unpaired) electrons. The Hall–Kier alpha value is -2.95. The van der Waals surface area contributed by atoms with Crippen molar-refractivity contribution in [3.63, 3.8) is 0 Å². The first kappa shape index (κ1) is 22.8. The lowest BCUT2D eigenvalue weighted by molar-refractivity contribution is 0.174. The molecule has 5 rings (SSSR count). The molecule has 0 N–H and O–H groups in total. The Bertz CT molecular complexity index is 1110. The average Bonchev–Trinajstić information content (AvgIpc) is 3.35. The van der Waals surface area contributed by atoms with Crippen molar-refractivity contribution >= 4 is 11.6 Å². The molecule has 1 fully saturated rings. The van der Waals surface area contributed by atoms with Crippen LogP contribution in [-0.4, -0.2) is 34.7 Å². The molecule has 5 heteroatoms. The van der Waals surface area contributed by atoms with Crippen molar-refractivity contribution in [2.24, 2.45) is 5.92 Å². The molecule has 0 aliphatic carbocycles. The maximum absolute atomic E-state index is 5.98. The fourth-order valence-corrected chi connectivity index (χ4v) is 5.05. The first-order chi connectivity index (χ1) is 16.7. The van der Waals surface area contributed by atoms with Crippen LogP contribution in [0.3, 0.4) is 0 Å². The van der Waals surface area contributed by atoms with Crippen molar-refractivity contribution in [3.05, 3.63) is 107 Å². The van der Waals surface area contributed by atoms with Crippen molar-refractivity contribution in [2.75, 3.05) is 19.6 Å². The number of likely N-dealkylation sites (tertiary alicyclic amines) is 1. The molecule has 1 aliphatic rings. The Morgan fingerprint density at radius 2 is 1.47 bits per heavy atom. The van der Waals surface area contributed by atoms with Gasteiger partial charge in [-0.15, -0.1) is 0 Å². The molecule has 0 unspecified atom stereocenters. The second-order valence-electron chi connectivity index (χ2n) is 9.17. The topological polar surface area (TPSA) is 42.2 Å². The van der Waals surface area contributed by atoms with E-state index < -0.39 is 0 Å². The molecule has 2 heterocycles. The van der Waals surface area contributed by atoms with E-state index in [2.05, 4.69) is 75.7 Å². The Morgan fingerprint density at radius 3 is 2.09 bits per heavy atom. The first-order valence-electron chi connectivity index (χ1n) is 12.2. The predicted molar refractivity (Wildman–Crippen MR) is 137 cm³/mol. The lowest BCUT2D eigenvalue weighted by Crippen LogP contribution is -2.35. The van der Waals surface area contributed by atoms with Gasteiger partial charge >= 0.3 is 0 Å². The highest BCUT2D eigenvalue weighted by Gasteiger charge is 2.23. The van der Waals surface area contributed by atoms with Gasteiger partial charge in [0, 0.05) is 22.9 Å². The van der Waals surface area contributed by atoms with Crippen molar-refractivity contribution in [1.82, 2.24) is 15.0 Å². The van der Waals surface area contributed by atoms with Gasteiger partial charge in [-0.1, -0.05) is 77.4 Å². The molecule has 3 aromatic carbocycles. The van der Waals surface area contributed by atoms with Crippen LogP contribution in [0.5, 0.6) is 0 Å². The van der Waals surface area contributed by atoms with Crippen LogP contribution in [0.15, 0.2) is 89.5 Å². The quantitative estimate of drug-likeness (QED) is 0.281. The fraction of sp³-hybridized carbons (Fsp3) is 0.310. The van der Waals surface area contributed by atoms with Crippen LogP contribution in [0.1, 0.15) is 42.2 Å². The lowest BCUT2D eigenvalue weighted by atomic mass is 9.87. The summed E-state index contributed by atoms with van der Waals surface area (Å²) in [5, 5.41) is 4.87. The summed E-state index contributed by atoms with van der Waals surface area (Å²) in [4.78, 5) is 7.23. The Morgan fingerprint density at radius 1 is 0.853 bits per heavy atom. The molecule has 1 aromatic heterocycles. The van der Waals surface area contributed by atoms with Crippen LogP contribution >= 0.6 is 11.6 Å². The molecule has 34 heavy (non-hydrogen) atoms. The zero-order valence-electron chi connectivity index (χ0n) is 19.3. The van der Waals surface area contributed by atoms with Gasteiger partial charge in [-0.05, 0) is 80.2 Å². The normalized spacial score (nSPS) is 15.1. The highest BCUT2D eigenvalue weighted by molar-refractivity contribution is 6.30. The first-order valence-corrected chi connectivity index (χ1v) is 12.5. The summed E-state index contributed by atoms with van der Waals surface area (Å²) >= 11 is 5.98. The molecule has 0 bridgehead atoms. The largest absolute Gasteiger partial charge is 0.339 e. The van der Waals surface area contributed by atoms with Gasteiger partial charge in [0.05, 0.1) is 0 Å². The third kappa shape index (κ3) is 5.75. The van der Waals surface area contributed by atoms with Crippen LogP contribution in [0.2, 0.25) is 5.02 Å². The second kappa shape index (κ2) is 11.0. The van der Waals surface area contributed by atoms with E-state index in [1.54, 1.807) is 0 Å². The summed E-state index contributed by atoms with van der Waals surface area (Å²) in [6.45, 7) is 3.36. The van der Waals surface area contributed by atoms with Crippen LogP contribution < -0.4 is 0 Å². The van der Waals surface area contributed by atoms with Gasteiger partial charge in [0.25, 0.3) is 0 Å². The molecule has 0 spiro atoms. The third-order valence-corrected chi connectivity index (χ3v) is 7.13. The summed E-state index contributed by atoms with van der Waals surface area (Å²) in [7, 11) is 0. The Labute approximate surface area is 206 Å². The summed E-state index contributed by atoms with van der Waals surface area (Å²) in [6.07, 6.45) is 4.32. The van der Waals surface area contributed by atoms with Crippen LogP contribution in [0.4, 0.5) is 0 Å². The van der Waals surface area contributed by atoms with Gasteiger partial charge in [0.1, 0.15) is 0 Å². The monoisotopic (exact) mass is 471 g/mol. The van der Waals surface area contributed by atoms with Crippen molar-refractivity contribution in [1.29, 1.82) is 0 Å². The van der Waals surface area contributed by atoms with Crippen molar-refractivity contribution in [3.8, 4) is 11.4 Å². The van der Waals surface area contributed by atoms with Gasteiger partial charge in [0.15, 0.2) is 0 Å². The smallest absolute Gasteiger partial charge is 0.227 e. The molecule has 4 aromatic rings. The number of nitrogens with zero attached hydrogens (tertiary/aromatic N) is 3. The molecule has 0 amide bonds. The predicted octanol–water partition coefficient (Wildman–Crippen LogP) is 6.87. The zero-order chi connectivity index (χ0) is 23.2. The van der Waals surface area contributed by atoms with E-state index in [4.69, 9.17) is 16.1 Å². The fourth-order valence-electron chi connectivity index (χ4n) is 4.92. The second-order valence-corrected chi connectivity index (χ2v) is 9.61.